The molecule has 0 aliphatic carbocycles. The lowest BCUT2D eigenvalue weighted by molar-refractivity contribution is 0.444. The minimum atomic E-state index is 0.291. The van der Waals surface area contributed by atoms with Crippen molar-refractivity contribution in [2.45, 2.75) is 38.8 Å². The van der Waals surface area contributed by atoms with E-state index in [1.54, 1.807) is 11.3 Å². The molecule has 0 saturated heterocycles. The lowest BCUT2D eigenvalue weighted by Gasteiger charge is -2.19. The van der Waals surface area contributed by atoms with Crippen molar-refractivity contribution in [2.24, 2.45) is 0 Å². The molecular weight excluding hydrogens is 192 g/mol. The van der Waals surface area contributed by atoms with Crippen molar-refractivity contribution >= 4 is 11.3 Å². The Morgan fingerprint density at radius 3 is 3.00 bits per heavy atom. The number of terminal acetylenes is 1. The van der Waals surface area contributed by atoms with Crippen LogP contribution in [0.4, 0.5) is 0 Å². The fourth-order valence-corrected chi connectivity index (χ4v) is 1.99. The first-order valence-electron chi connectivity index (χ1n) is 4.85. The maximum absolute atomic E-state index is 5.30. The molecule has 0 aliphatic heterocycles. The fourth-order valence-electron chi connectivity index (χ4n) is 1.34. The molecule has 1 heterocycles. The normalized spacial score (nSPS) is 14.6. The molecule has 2 unspecified atom stereocenters. The van der Waals surface area contributed by atoms with E-state index >= 15 is 0 Å². The average Bonchev–Trinajstić information content (AvgIpc) is 2.69. The van der Waals surface area contributed by atoms with Crippen LogP contribution in [0.15, 0.2) is 10.9 Å². The van der Waals surface area contributed by atoms with Gasteiger partial charge in [0.05, 0.1) is 11.2 Å². The summed E-state index contributed by atoms with van der Waals surface area (Å²) in [6.07, 6.45) is 7.13. The summed E-state index contributed by atoms with van der Waals surface area (Å²) in [7, 11) is 0. The average molecular weight is 208 g/mol. The second-order valence-corrected chi connectivity index (χ2v) is 4.03. The number of hydrogen-bond acceptors (Lipinski definition) is 3. The highest BCUT2D eigenvalue weighted by Gasteiger charge is 2.11. The molecule has 2 atom stereocenters. The molecule has 0 aliphatic rings. The zero-order valence-corrected chi connectivity index (χ0v) is 9.47. The van der Waals surface area contributed by atoms with Gasteiger partial charge in [0.25, 0.3) is 0 Å². The molecule has 0 aromatic carbocycles. The summed E-state index contributed by atoms with van der Waals surface area (Å²) in [5.41, 5.74) is 2.96. The second kappa shape index (κ2) is 5.79. The summed E-state index contributed by atoms with van der Waals surface area (Å²) < 4.78 is 0. The van der Waals surface area contributed by atoms with Gasteiger partial charge in [-0.2, -0.15) is 0 Å². The Bertz CT molecular complexity index is 287. The lowest BCUT2D eigenvalue weighted by atomic mass is 10.1. The first-order chi connectivity index (χ1) is 6.77. The van der Waals surface area contributed by atoms with Gasteiger partial charge < -0.3 is 5.32 Å². The van der Waals surface area contributed by atoms with Crippen molar-refractivity contribution in [3.63, 3.8) is 0 Å². The van der Waals surface area contributed by atoms with E-state index in [2.05, 4.69) is 35.4 Å². The summed E-state index contributed by atoms with van der Waals surface area (Å²) in [5, 5.41) is 5.54. The van der Waals surface area contributed by atoms with Gasteiger partial charge >= 0.3 is 0 Å². The molecule has 3 heteroatoms. The van der Waals surface area contributed by atoms with E-state index in [0.717, 1.165) is 18.5 Å². The molecule has 2 nitrogen and oxygen atoms in total. The van der Waals surface area contributed by atoms with Gasteiger partial charge in [-0.25, -0.2) is 4.98 Å². The Hall–Kier alpha value is -0.850. The Balaban J connectivity index is 2.47. The molecule has 0 bridgehead atoms. The van der Waals surface area contributed by atoms with Crippen LogP contribution in [-0.2, 0) is 0 Å². The van der Waals surface area contributed by atoms with Crippen LogP contribution in [0.3, 0.4) is 0 Å². The highest BCUT2D eigenvalue weighted by Crippen LogP contribution is 2.13. The van der Waals surface area contributed by atoms with Gasteiger partial charge in [-0.1, -0.05) is 6.92 Å². The number of rotatable bonds is 5. The van der Waals surface area contributed by atoms with Crippen LogP contribution >= 0.6 is 11.3 Å². The van der Waals surface area contributed by atoms with Crippen LogP contribution in [0, 0.1) is 12.3 Å². The molecule has 1 aromatic heterocycles. The fraction of sp³-hybridized carbons (Fsp3) is 0.545. The van der Waals surface area contributed by atoms with E-state index in [9.17, 15) is 0 Å². The van der Waals surface area contributed by atoms with Gasteiger partial charge in [-0.3, -0.25) is 0 Å². The summed E-state index contributed by atoms with van der Waals surface area (Å²) >= 11 is 1.62. The Morgan fingerprint density at radius 1 is 1.71 bits per heavy atom. The van der Waals surface area contributed by atoms with E-state index in [1.807, 2.05) is 5.51 Å². The number of aromatic nitrogens is 1. The lowest BCUT2D eigenvalue weighted by Crippen LogP contribution is -2.30. The minimum Gasteiger partial charge on any atom is -0.305 e. The molecule has 76 valence electrons. The molecule has 14 heavy (non-hydrogen) atoms. The van der Waals surface area contributed by atoms with Crippen LogP contribution in [0.1, 0.15) is 38.4 Å². The van der Waals surface area contributed by atoms with E-state index in [0.29, 0.717) is 12.1 Å². The minimum absolute atomic E-state index is 0.291. The zero-order chi connectivity index (χ0) is 10.4. The predicted octanol–water partition coefficient (Wildman–Crippen LogP) is 2.60. The molecule has 0 saturated carbocycles. The second-order valence-electron chi connectivity index (χ2n) is 3.32. The van der Waals surface area contributed by atoms with Gasteiger partial charge in [0.2, 0.25) is 0 Å². The molecule has 1 aromatic rings. The zero-order valence-electron chi connectivity index (χ0n) is 8.66. The summed E-state index contributed by atoms with van der Waals surface area (Å²) in [6, 6.07) is 0.691. The first kappa shape index (κ1) is 11.2. The highest BCUT2D eigenvalue weighted by molar-refractivity contribution is 7.07. The third-order valence-electron chi connectivity index (χ3n) is 2.24. The monoisotopic (exact) mass is 208 g/mol. The van der Waals surface area contributed by atoms with Crippen LogP contribution in [0.5, 0.6) is 0 Å². The highest BCUT2D eigenvalue weighted by atomic mass is 32.1. The van der Waals surface area contributed by atoms with Crippen LogP contribution in [-0.4, -0.2) is 11.0 Å². The van der Waals surface area contributed by atoms with E-state index < -0.39 is 0 Å². The summed E-state index contributed by atoms with van der Waals surface area (Å²) in [4.78, 5) is 4.27. The Labute approximate surface area is 89.8 Å². The van der Waals surface area contributed by atoms with E-state index in [1.165, 1.54) is 0 Å². The summed E-state index contributed by atoms with van der Waals surface area (Å²) in [6.45, 7) is 4.26. The van der Waals surface area contributed by atoms with Crippen LogP contribution < -0.4 is 5.32 Å². The van der Waals surface area contributed by atoms with Crippen molar-refractivity contribution in [2.75, 3.05) is 0 Å². The largest absolute Gasteiger partial charge is 0.305 e. The van der Waals surface area contributed by atoms with Crippen LogP contribution in [0.25, 0.3) is 0 Å². The van der Waals surface area contributed by atoms with E-state index in [-0.39, 0.29) is 0 Å². The van der Waals surface area contributed by atoms with Crippen molar-refractivity contribution in [1.29, 1.82) is 0 Å². The quantitative estimate of drug-likeness (QED) is 0.752. The van der Waals surface area contributed by atoms with Gasteiger partial charge in [-0.05, 0) is 13.3 Å². The molecule has 0 fully saturated rings. The van der Waals surface area contributed by atoms with Gasteiger partial charge in [-0.15, -0.1) is 23.7 Å². The maximum atomic E-state index is 5.30. The smallest absolute Gasteiger partial charge is 0.0795 e. The van der Waals surface area contributed by atoms with Crippen molar-refractivity contribution in [3.05, 3.63) is 16.6 Å². The number of hydrogen-bond donors (Lipinski definition) is 1. The number of nitrogens with zero attached hydrogens (tertiary/aromatic N) is 1. The number of nitrogens with one attached hydrogen (secondary N) is 1. The standard InChI is InChI=1S/C11H16N2S/c1-4-6-10(5-2)13-9(3)11-7-14-8-12-11/h1,7-10,13H,5-6H2,2-3H3. The molecule has 1 N–H and O–H groups in total. The topological polar surface area (TPSA) is 24.9 Å². The Kier molecular flexibility index (Phi) is 4.64. The number of thiazole rings is 1. The SMILES string of the molecule is C#CCC(CC)NC(C)c1cscn1. The third-order valence-corrected chi connectivity index (χ3v) is 2.84. The van der Waals surface area contributed by atoms with Crippen molar-refractivity contribution < 1.29 is 0 Å². The van der Waals surface area contributed by atoms with E-state index in [4.69, 9.17) is 6.42 Å². The third kappa shape index (κ3) is 3.13. The van der Waals surface area contributed by atoms with Crippen LogP contribution in [0.2, 0.25) is 0 Å². The van der Waals surface area contributed by atoms with Gasteiger partial charge in [0.1, 0.15) is 0 Å². The maximum Gasteiger partial charge on any atom is 0.0795 e. The predicted molar refractivity (Wildman–Crippen MR) is 61.2 cm³/mol. The molecule has 0 spiro atoms. The van der Waals surface area contributed by atoms with Gasteiger partial charge in [0.15, 0.2) is 0 Å². The Morgan fingerprint density at radius 2 is 2.50 bits per heavy atom. The molecular formula is C11H16N2S. The first-order valence-corrected chi connectivity index (χ1v) is 5.79. The summed E-state index contributed by atoms with van der Waals surface area (Å²) in [5.74, 6) is 2.69. The van der Waals surface area contributed by atoms with Gasteiger partial charge in [0, 0.05) is 23.9 Å². The van der Waals surface area contributed by atoms with Crippen molar-refractivity contribution in [1.82, 2.24) is 10.3 Å². The molecule has 1 rings (SSSR count). The van der Waals surface area contributed by atoms with Crippen molar-refractivity contribution in [3.8, 4) is 12.3 Å². The molecule has 0 amide bonds. The molecule has 0 radical (unpaired) electrons.